The second-order valence-corrected chi connectivity index (χ2v) is 5.91. The minimum Gasteiger partial charge on any atom is -0.378 e. The molecule has 0 saturated carbocycles. The molecule has 0 spiro atoms. The molecular weight excluding hydrogens is 282 g/mol. The minimum atomic E-state index is 1.12. The first-order valence-corrected chi connectivity index (χ1v) is 7.76. The van der Waals surface area contributed by atoms with Crippen molar-refractivity contribution in [3.05, 3.63) is 72.8 Å². The summed E-state index contributed by atoms with van der Waals surface area (Å²) in [6, 6.07) is 25.4. The number of anilines is 6. The van der Waals surface area contributed by atoms with E-state index in [1.54, 1.807) is 0 Å². The van der Waals surface area contributed by atoms with Crippen LogP contribution in [0.25, 0.3) is 0 Å². The van der Waals surface area contributed by atoms with Crippen LogP contribution >= 0.6 is 0 Å². The van der Waals surface area contributed by atoms with Gasteiger partial charge >= 0.3 is 0 Å². The first-order chi connectivity index (χ1) is 11.2. The smallest absolute Gasteiger partial charge is 0.0718 e. The molecule has 3 heteroatoms. The highest BCUT2D eigenvalue weighted by molar-refractivity contribution is 5.97. The van der Waals surface area contributed by atoms with Crippen molar-refractivity contribution in [1.29, 1.82) is 0 Å². The van der Waals surface area contributed by atoms with Crippen molar-refractivity contribution in [1.82, 2.24) is 0 Å². The topological polar surface area (TPSA) is 18.5 Å². The maximum Gasteiger partial charge on any atom is 0.0718 e. The average molecular weight is 301 g/mol. The van der Waals surface area contributed by atoms with E-state index in [-0.39, 0.29) is 0 Å². The Hall–Kier alpha value is -2.94. The van der Waals surface area contributed by atoms with Crippen molar-refractivity contribution in [3.8, 4) is 0 Å². The Morgan fingerprint density at radius 1 is 0.739 bits per heavy atom. The van der Waals surface area contributed by atoms with Crippen LogP contribution in [0.2, 0.25) is 0 Å². The predicted molar refractivity (Wildman–Crippen MR) is 98.7 cm³/mol. The maximum absolute atomic E-state index is 3.55. The number of benzene rings is 3. The first-order valence-electron chi connectivity index (χ1n) is 7.76. The molecule has 0 saturated heterocycles. The number of rotatable bonds is 2. The van der Waals surface area contributed by atoms with Gasteiger partial charge in [-0.25, -0.2) is 0 Å². The van der Waals surface area contributed by atoms with E-state index < -0.39 is 0 Å². The molecule has 1 aliphatic rings. The molecule has 1 heterocycles. The Morgan fingerprint density at radius 2 is 1.43 bits per heavy atom. The van der Waals surface area contributed by atoms with Gasteiger partial charge in [-0.2, -0.15) is 0 Å². The van der Waals surface area contributed by atoms with Crippen LogP contribution in [0, 0.1) is 0 Å². The largest absolute Gasteiger partial charge is 0.378 e. The highest BCUT2D eigenvalue weighted by atomic mass is 15.2. The predicted octanol–water partition coefficient (Wildman–Crippen LogP) is 5.28. The molecule has 114 valence electrons. The summed E-state index contributed by atoms with van der Waals surface area (Å²) in [5.41, 5.74) is 6.94. The highest BCUT2D eigenvalue weighted by Gasteiger charge is 2.23. The molecule has 3 nitrogen and oxygen atoms in total. The fraction of sp³-hybridized carbons (Fsp3) is 0.100. The van der Waals surface area contributed by atoms with Crippen LogP contribution in [-0.2, 0) is 0 Å². The summed E-state index contributed by atoms with van der Waals surface area (Å²) in [5, 5.41) is 3.55. The van der Waals surface area contributed by atoms with E-state index >= 15 is 0 Å². The van der Waals surface area contributed by atoms with Crippen LogP contribution in [0.15, 0.2) is 72.8 Å². The summed E-state index contributed by atoms with van der Waals surface area (Å²) in [6.45, 7) is 0. The Morgan fingerprint density at radius 3 is 2.22 bits per heavy atom. The molecule has 0 bridgehead atoms. The number of nitrogens with zero attached hydrogens (tertiary/aromatic N) is 2. The van der Waals surface area contributed by atoms with Crippen LogP contribution in [0.4, 0.5) is 34.1 Å². The van der Waals surface area contributed by atoms with Crippen molar-refractivity contribution < 1.29 is 0 Å². The lowest BCUT2D eigenvalue weighted by Gasteiger charge is -2.34. The fourth-order valence-corrected chi connectivity index (χ4v) is 2.99. The zero-order valence-electron chi connectivity index (χ0n) is 13.3. The maximum atomic E-state index is 3.55. The lowest BCUT2D eigenvalue weighted by atomic mass is 10.1. The molecule has 4 rings (SSSR count). The quantitative estimate of drug-likeness (QED) is 0.543. The van der Waals surface area contributed by atoms with Crippen molar-refractivity contribution in [2.75, 3.05) is 29.2 Å². The summed E-state index contributed by atoms with van der Waals surface area (Å²) in [4.78, 5) is 4.44. The summed E-state index contributed by atoms with van der Waals surface area (Å²) in [5.74, 6) is 0. The monoisotopic (exact) mass is 301 g/mol. The van der Waals surface area contributed by atoms with Gasteiger partial charge in [-0.3, -0.25) is 0 Å². The summed E-state index contributed by atoms with van der Waals surface area (Å²) >= 11 is 0. The average Bonchev–Trinajstić information content (AvgIpc) is 2.59. The van der Waals surface area contributed by atoms with Gasteiger partial charge in [-0.15, -0.1) is 0 Å². The number of fused-ring (bicyclic) bond motifs is 2. The highest BCUT2D eigenvalue weighted by Crippen LogP contribution is 2.48. The molecular formula is C20H19N3. The number of hydrogen-bond acceptors (Lipinski definition) is 3. The van der Waals surface area contributed by atoms with Crippen LogP contribution in [-0.4, -0.2) is 14.1 Å². The standard InChI is InChI=1S/C20H19N3/c1-22(2)16-12-13-18-20(14-16)23(15-8-4-3-5-9-15)19-11-7-6-10-17(19)21-18/h3-14,21H,1-2H3. The number of para-hydroxylation sites is 3. The number of hydrogen-bond donors (Lipinski definition) is 1. The molecule has 0 aromatic heterocycles. The SMILES string of the molecule is CN(C)c1ccc2c(c1)N(c1ccccc1)c1ccccc1N2. The van der Waals surface area contributed by atoms with Crippen molar-refractivity contribution in [2.24, 2.45) is 0 Å². The third-order valence-corrected chi connectivity index (χ3v) is 4.17. The molecule has 3 aromatic rings. The van der Waals surface area contributed by atoms with Gasteiger partial charge in [-0.1, -0.05) is 30.3 Å². The van der Waals surface area contributed by atoms with Crippen molar-refractivity contribution in [3.63, 3.8) is 0 Å². The first kappa shape index (κ1) is 13.7. The van der Waals surface area contributed by atoms with E-state index in [4.69, 9.17) is 0 Å². The lowest BCUT2D eigenvalue weighted by Crippen LogP contribution is -2.18. The zero-order valence-corrected chi connectivity index (χ0v) is 13.3. The Balaban J connectivity index is 1.95. The second-order valence-electron chi connectivity index (χ2n) is 5.91. The van der Waals surface area contributed by atoms with Crippen molar-refractivity contribution >= 4 is 34.1 Å². The Kier molecular flexibility index (Phi) is 3.19. The van der Waals surface area contributed by atoms with E-state index in [9.17, 15) is 0 Å². The van der Waals surface area contributed by atoms with Gasteiger partial charge in [0.2, 0.25) is 0 Å². The van der Waals surface area contributed by atoms with Crippen LogP contribution in [0.3, 0.4) is 0 Å². The molecule has 1 N–H and O–H groups in total. The van der Waals surface area contributed by atoms with Gasteiger partial charge in [0.15, 0.2) is 0 Å². The van der Waals surface area contributed by atoms with Crippen LogP contribution < -0.4 is 15.1 Å². The van der Waals surface area contributed by atoms with E-state index in [0.717, 1.165) is 11.4 Å². The van der Waals surface area contributed by atoms with Gasteiger partial charge in [-0.05, 0) is 42.5 Å². The summed E-state index contributed by atoms with van der Waals surface area (Å²) < 4.78 is 0. The van der Waals surface area contributed by atoms with Crippen LogP contribution in [0.1, 0.15) is 0 Å². The van der Waals surface area contributed by atoms with Gasteiger partial charge in [0.25, 0.3) is 0 Å². The Bertz CT molecular complexity index is 841. The van der Waals surface area contributed by atoms with Crippen molar-refractivity contribution in [2.45, 2.75) is 0 Å². The molecule has 1 aliphatic heterocycles. The fourth-order valence-electron chi connectivity index (χ4n) is 2.99. The second kappa shape index (κ2) is 5.36. The normalized spacial score (nSPS) is 12.2. The molecule has 0 atom stereocenters. The van der Waals surface area contributed by atoms with E-state index in [2.05, 4.69) is 102 Å². The van der Waals surface area contributed by atoms with Crippen LogP contribution in [0.5, 0.6) is 0 Å². The molecule has 0 amide bonds. The molecule has 0 unspecified atom stereocenters. The van der Waals surface area contributed by atoms with Gasteiger partial charge in [0.05, 0.1) is 22.7 Å². The molecule has 0 aliphatic carbocycles. The van der Waals surface area contributed by atoms with Gasteiger partial charge < -0.3 is 15.1 Å². The third-order valence-electron chi connectivity index (χ3n) is 4.17. The molecule has 23 heavy (non-hydrogen) atoms. The summed E-state index contributed by atoms with van der Waals surface area (Å²) in [6.07, 6.45) is 0. The Labute approximate surface area is 136 Å². The lowest BCUT2D eigenvalue weighted by molar-refractivity contribution is 1.13. The van der Waals surface area contributed by atoms with E-state index in [1.807, 2.05) is 0 Å². The summed E-state index contributed by atoms with van der Waals surface area (Å²) in [7, 11) is 4.14. The molecule has 0 radical (unpaired) electrons. The van der Waals surface area contributed by atoms with E-state index in [1.165, 1.54) is 22.7 Å². The van der Waals surface area contributed by atoms with E-state index in [0.29, 0.717) is 0 Å². The third kappa shape index (κ3) is 2.30. The van der Waals surface area contributed by atoms with Gasteiger partial charge in [0, 0.05) is 25.5 Å². The van der Waals surface area contributed by atoms with Gasteiger partial charge in [0.1, 0.15) is 0 Å². The number of nitrogens with one attached hydrogen (secondary N) is 1. The molecule has 0 fully saturated rings. The minimum absolute atomic E-state index is 1.12. The molecule has 3 aromatic carbocycles. The zero-order chi connectivity index (χ0) is 15.8.